The van der Waals surface area contributed by atoms with Crippen LogP contribution in [0.2, 0.25) is 0 Å². The van der Waals surface area contributed by atoms with E-state index in [9.17, 15) is 0 Å². The molecule has 0 radical (unpaired) electrons. The number of nitrogens with one attached hydrogen (secondary N) is 2. The van der Waals surface area contributed by atoms with Gasteiger partial charge in [-0.15, -0.1) is 0 Å². The average molecular weight is 376 g/mol. The second kappa shape index (κ2) is 9.64. The normalized spacial score (nSPS) is 11.6. The minimum absolute atomic E-state index is 0.0239. The molecule has 3 aromatic rings. The zero-order chi connectivity index (χ0) is 19.8. The van der Waals surface area contributed by atoms with Crippen LogP contribution < -0.4 is 15.8 Å². The number of anilines is 2. The number of ether oxygens (including phenoxy) is 1. The van der Waals surface area contributed by atoms with Crippen molar-refractivity contribution < 1.29 is 9.84 Å². The predicted octanol–water partition coefficient (Wildman–Crippen LogP) is 3.44. The Hall–Kier alpha value is -3.22. The first-order valence-corrected chi connectivity index (χ1v) is 9.11. The molecule has 6 heteroatoms. The first-order chi connectivity index (χ1) is 13.7. The van der Waals surface area contributed by atoms with Crippen molar-refractivity contribution in [3.63, 3.8) is 0 Å². The summed E-state index contributed by atoms with van der Waals surface area (Å²) in [5.74, 6) is 0.707. The van der Waals surface area contributed by atoms with E-state index in [2.05, 4.69) is 10.3 Å². The Balaban J connectivity index is 1.79. The third-order valence-corrected chi connectivity index (χ3v) is 4.29. The van der Waals surface area contributed by atoms with Crippen molar-refractivity contribution in [2.24, 2.45) is 5.73 Å². The van der Waals surface area contributed by atoms with Gasteiger partial charge in [-0.25, -0.2) is 0 Å². The van der Waals surface area contributed by atoms with E-state index in [1.54, 1.807) is 6.20 Å². The number of benzene rings is 2. The molecular formula is C22H24N4O2. The van der Waals surface area contributed by atoms with Crippen LogP contribution in [0, 0.1) is 5.41 Å². The molecule has 28 heavy (non-hydrogen) atoms. The van der Waals surface area contributed by atoms with Crippen LogP contribution in [-0.4, -0.2) is 29.5 Å². The highest BCUT2D eigenvalue weighted by molar-refractivity contribution is 5.87. The van der Waals surface area contributed by atoms with Gasteiger partial charge in [-0.05, 0) is 42.3 Å². The lowest BCUT2D eigenvalue weighted by atomic mass is 10.0. The molecule has 1 atom stereocenters. The Morgan fingerprint density at radius 3 is 2.75 bits per heavy atom. The number of pyridine rings is 1. The van der Waals surface area contributed by atoms with Crippen molar-refractivity contribution in [1.82, 2.24) is 4.98 Å². The molecule has 0 saturated heterocycles. The molecule has 5 N–H and O–H groups in total. The van der Waals surface area contributed by atoms with Crippen molar-refractivity contribution in [2.45, 2.75) is 12.5 Å². The summed E-state index contributed by atoms with van der Waals surface area (Å²) in [7, 11) is 0. The molecule has 1 aromatic heterocycles. The number of hydrogen-bond acceptors (Lipinski definition) is 6. The Morgan fingerprint density at radius 1 is 1.11 bits per heavy atom. The van der Waals surface area contributed by atoms with Crippen LogP contribution in [-0.2, 0) is 6.42 Å². The monoisotopic (exact) mass is 376 g/mol. The SMILES string of the molecule is N=Cc1ccccc1Nc1cccnc1C(N)Cc1cccc(OCCO)c1. The maximum atomic E-state index is 8.91. The highest BCUT2D eigenvalue weighted by atomic mass is 16.5. The average Bonchev–Trinajstić information content (AvgIpc) is 2.73. The number of hydrogen-bond donors (Lipinski definition) is 4. The van der Waals surface area contributed by atoms with Crippen LogP contribution in [0.15, 0.2) is 66.9 Å². The van der Waals surface area contributed by atoms with Gasteiger partial charge in [-0.2, -0.15) is 0 Å². The van der Waals surface area contributed by atoms with E-state index in [1.807, 2.05) is 60.7 Å². The number of nitrogens with zero attached hydrogens (tertiary/aromatic N) is 1. The number of nitrogens with two attached hydrogens (primary N) is 1. The van der Waals surface area contributed by atoms with Gasteiger partial charge in [0, 0.05) is 23.7 Å². The molecule has 0 amide bonds. The second-order valence-corrected chi connectivity index (χ2v) is 6.32. The van der Waals surface area contributed by atoms with Gasteiger partial charge in [-0.1, -0.05) is 30.3 Å². The van der Waals surface area contributed by atoms with Crippen molar-refractivity contribution >= 4 is 17.6 Å². The number of aliphatic hydroxyl groups is 1. The van der Waals surface area contributed by atoms with Crippen molar-refractivity contribution in [3.05, 3.63) is 83.7 Å². The van der Waals surface area contributed by atoms with Gasteiger partial charge in [0.2, 0.25) is 0 Å². The highest BCUT2D eigenvalue weighted by Gasteiger charge is 2.14. The van der Waals surface area contributed by atoms with E-state index >= 15 is 0 Å². The maximum absolute atomic E-state index is 8.91. The summed E-state index contributed by atoms with van der Waals surface area (Å²) < 4.78 is 5.47. The summed E-state index contributed by atoms with van der Waals surface area (Å²) in [6, 6.07) is 18.8. The van der Waals surface area contributed by atoms with Crippen LogP contribution in [0.25, 0.3) is 0 Å². The van der Waals surface area contributed by atoms with E-state index < -0.39 is 0 Å². The Bertz CT molecular complexity index is 930. The molecule has 144 valence electrons. The van der Waals surface area contributed by atoms with Crippen LogP contribution in [0.1, 0.15) is 22.9 Å². The van der Waals surface area contributed by atoms with E-state index in [-0.39, 0.29) is 19.3 Å². The van der Waals surface area contributed by atoms with E-state index in [4.69, 9.17) is 21.0 Å². The summed E-state index contributed by atoms with van der Waals surface area (Å²) in [5, 5.41) is 19.8. The topological polar surface area (TPSA) is 104 Å². The summed E-state index contributed by atoms with van der Waals surface area (Å²) in [4.78, 5) is 4.49. The summed E-state index contributed by atoms with van der Waals surface area (Å²) >= 11 is 0. The number of para-hydroxylation sites is 1. The molecule has 1 heterocycles. The fourth-order valence-corrected chi connectivity index (χ4v) is 2.98. The molecule has 0 saturated carbocycles. The van der Waals surface area contributed by atoms with E-state index in [0.717, 1.165) is 28.2 Å². The summed E-state index contributed by atoms with van der Waals surface area (Å²) in [5.41, 5.74) is 10.7. The molecule has 0 bridgehead atoms. The molecule has 0 aliphatic rings. The lowest BCUT2D eigenvalue weighted by Crippen LogP contribution is -2.17. The third-order valence-electron chi connectivity index (χ3n) is 4.29. The minimum atomic E-state index is -0.316. The lowest BCUT2D eigenvalue weighted by Gasteiger charge is -2.18. The predicted molar refractivity (Wildman–Crippen MR) is 112 cm³/mol. The van der Waals surface area contributed by atoms with E-state index in [0.29, 0.717) is 12.2 Å². The van der Waals surface area contributed by atoms with Crippen LogP contribution >= 0.6 is 0 Å². The Morgan fingerprint density at radius 2 is 1.93 bits per heavy atom. The molecule has 0 aliphatic carbocycles. The third kappa shape index (κ3) is 4.94. The largest absolute Gasteiger partial charge is 0.491 e. The van der Waals surface area contributed by atoms with Crippen LogP contribution in [0.5, 0.6) is 5.75 Å². The van der Waals surface area contributed by atoms with Crippen molar-refractivity contribution in [3.8, 4) is 5.75 Å². The van der Waals surface area contributed by atoms with Crippen LogP contribution in [0.3, 0.4) is 0 Å². The zero-order valence-corrected chi connectivity index (χ0v) is 15.5. The number of aromatic nitrogens is 1. The smallest absolute Gasteiger partial charge is 0.119 e. The fourth-order valence-electron chi connectivity index (χ4n) is 2.98. The zero-order valence-electron chi connectivity index (χ0n) is 15.5. The lowest BCUT2D eigenvalue weighted by molar-refractivity contribution is 0.201. The van der Waals surface area contributed by atoms with Gasteiger partial charge in [0.25, 0.3) is 0 Å². The van der Waals surface area contributed by atoms with Gasteiger partial charge in [-0.3, -0.25) is 4.98 Å². The van der Waals surface area contributed by atoms with Crippen LogP contribution in [0.4, 0.5) is 11.4 Å². The highest BCUT2D eigenvalue weighted by Crippen LogP contribution is 2.27. The summed E-state index contributed by atoms with van der Waals surface area (Å²) in [6.07, 6.45) is 3.63. The van der Waals surface area contributed by atoms with Gasteiger partial charge >= 0.3 is 0 Å². The van der Waals surface area contributed by atoms with Crippen molar-refractivity contribution in [1.29, 1.82) is 5.41 Å². The van der Waals surface area contributed by atoms with Gasteiger partial charge in [0.1, 0.15) is 12.4 Å². The molecular weight excluding hydrogens is 352 g/mol. The second-order valence-electron chi connectivity index (χ2n) is 6.32. The molecule has 1 unspecified atom stereocenters. The van der Waals surface area contributed by atoms with Gasteiger partial charge < -0.3 is 26.3 Å². The van der Waals surface area contributed by atoms with Gasteiger partial charge in [0.05, 0.1) is 24.0 Å². The first-order valence-electron chi connectivity index (χ1n) is 9.11. The molecule has 0 fully saturated rings. The molecule has 2 aromatic carbocycles. The van der Waals surface area contributed by atoms with Gasteiger partial charge in [0.15, 0.2) is 0 Å². The quantitative estimate of drug-likeness (QED) is 0.428. The standard InChI is InChI=1S/C22H24N4O2/c23-15-17-6-1-2-8-20(17)26-21-9-4-10-25-22(21)19(24)14-16-5-3-7-18(13-16)28-12-11-27/h1-10,13,15,19,23,26-27H,11-12,14,24H2. The Labute approximate surface area is 164 Å². The number of rotatable bonds is 9. The molecule has 6 nitrogen and oxygen atoms in total. The Kier molecular flexibility index (Phi) is 6.73. The molecule has 0 aliphatic heterocycles. The molecule has 3 rings (SSSR count). The minimum Gasteiger partial charge on any atom is -0.491 e. The fraction of sp³-hybridized carbons (Fsp3) is 0.182. The van der Waals surface area contributed by atoms with E-state index in [1.165, 1.54) is 6.21 Å². The summed E-state index contributed by atoms with van der Waals surface area (Å²) in [6.45, 7) is 0.236. The first kappa shape index (κ1) is 19.5. The number of aliphatic hydroxyl groups excluding tert-OH is 1. The molecule has 0 spiro atoms. The van der Waals surface area contributed by atoms with Crippen molar-refractivity contribution in [2.75, 3.05) is 18.5 Å². The maximum Gasteiger partial charge on any atom is 0.119 e.